The monoisotopic (exact) mass is 245 g/mol. The van der Waals surface area contributed by atoms with Crippen LogP contribution in [0.4, 0.5) is 0 Å². The maximum absolute atomic E-state index is 11.6. The molecule has 2 aromatic rings. The molecule has 0 bridgehead atoms. The van der Waals surface area contributed by atoms with Gasteiger partial charge in [-0.1, -0.05) is 18.2 Å². The molecule has 1 aromatic carbocycles. The highest BCUT2D eigenvalue weighted by Crippen LogP contribution is 2.19. The van der Waals surface area contributed by atoms with Gasteiger partial charge in [0.15, 0.2) is 0 Å². The summed E-state index contributed by atoms with van der Waals surface area (Å²) in [5, 5.41) is 9.74. The van der Waals surface area contributed by atoms with E-state index in [0.29, 0.717) is 12.3 Å². The smallest absolute Gasteiger partial charge is 0.246 e. The number of aliphatic hydroxyl groups excluding tert-OH is 1. The van der Waals surface area contributed by atoms with Gasteiger partial charge in [-0.25, -0.2) is 0 Å². The molecule has 1 N–H and O–H groups in total. The minimum absolute atomic E-state index is 0.0410. The fourth-order valence-corrected chi connectivity index (χ4v) is 1.63. The number of hydrogen-bond donors (Lipinski definition) is 1. The number of rotatable bonds is 4. The van der Waals surface area contributed by atoms with Crippen LogP contribution in [-0.2, 0) is 4.79 Å². The van der Waals surface area contributed by atoms with Crippen LogP contribution in [0.1, 0.15) is 5.76 Å². The number of benzene rings is 1. The van der Waals surface area contributed by atoms with Crippen molar-refractivity contribution in [3.05, 3.63) is 42.2 Å². The zero-order valence-corrected chi connectivity index (χ0v) is 10.2. The number of nitrogens with zero attached hydrogens (tertiary/aromatic N) is 1. The molecule has 0 aliphatic heterocycles. The Bertz CT molecular complexity index is 538. The predicted molar refractivity (Wildman–Crippen MR) is 70.0 cm³/mol. The molecule has 4 heteroatoms. The molecular formula is C14H15NO3. The number of hydrogen-bond acceptors (Lipinski definition) is 3. The molecule has 0 fully saturated rings. The van der Waals surface area contributed by atoms with Crippen molar-refractivity contribution < 1.29 is 14.3 Å². The fraction of sp³-hybridized carbons (Fsp3) is 0.214. The van der Waals surface area contributed by atoms with Gasteiger partial charge in [0, 0.05) is 25.1 Å². The maximum Gasteiger partial charge on any atom is 0.246 e. The third kappa shape index (κ3) is 2.78. The van der Waals surface area contributed by atoms with Gasteiger partial charge in [-0.3, -0.25) is 4.79 Å². The molecule has 0 saturated heterocycles. The lowest BCUT2D eigenvalue weighted by atomic mass is 10.2. The molecule has 0 unspecified atom stereocenters. The lowest BCUT2D eigenvalue weighted by Gasteiger charge is -2.12. The summed E-state index contributed by atoms with van der Waals surface area (Å²) in [7, 11) is 1.64. The van der Waals surface area contributed by atoms with Crippen molar-refractivity contribution in [3.8, 4) is 0 Å². The zero-order valence-electron chi connectivity index (χ0n) is 10.2. The summed E-state index contributed by atoms with van der Waals surface area (Å²) in [6.45, 7) is 0.282. The van der Waals surface area contributed by atoms with Crippen LogP contribution in [0.3, 0.4) is 0 Å². The van der Waals surface area contributed by atoms with Crippen molar-refractivity contribution in [3.63, 3.8) is 0 Å². The number of fused-ring (bicyclic) bond motifs is 1. The van der Waals surface area contributed by atoms with Gasteiger partial charge in [0.05, 0.1) is 6.61 Å². The number of amides is 1. The second kappa shape index (κ2) is 5.51. The molecule has 0 aliphatic carbocycles. The minimum atomic E-state index is -0.162. The molecule has 0 aliphatic rings. The molecule has 94 valence electrons. The zero-order chi connectivity index (χ0) is 13.0. The average Bonchev–Trinajstić information content (AvgIpc) is 2.78. The van der Waals surface area contributed by atoms with Crippen LogP contribution < -0.4 is 0 Å². The van der Waals surface area contributed by atoms with E-state index in [2.05, 4.69) is 0 Å². The number of likely N-dealkylation sites (N-methyl/N-ethyl adjacent to an activating group) is 1. The van der Waals surface area contributed by atoms with Gasteiger partial charge in [-0.2, -0.15) is 0 Å². The topological polar surface area (TPSA) is 53.7 Å². The lowest BCUT2D eigenvalue weighted by Crippen LogP contribution is -2.27. The second-order valence-corrected chi connectivity index (χ2v) is 4.00. The highest BCUT2D eigenvalue weighted by atomic mass is 16.3. The molecule has 1 amide bonds. The van der Waals surface area contributed by atoms with Crippen LogP contribution in [0.15, 0.2) is 40.8 Å². The molecule has 1 aromatic heterocycles. The van der Waals surface area contributed by atoms with Crippen molar-refractivity contribution in [2.75, 3.05) is 20.2 Å². The third-order valence-electron chi connectivity index (χ3n) is 2.65. The molecule has 0 radical (unpaired) electrons. The van der Waals surface area contributed by atoms with E-state index in [4.69, 9.17) is 9.52 Å². The third-order valence-corrected chi connectivity index (χ3v) is 2.65. The molecule has 0 atom stereocenters. The molecular weight excluding hydrogens is 230 g/mol. The Morgan fingerprint density at radius 1 is 1.44 bits per heavy atom. The van der Waals surface area contributed by atoms with E-state index in [9.17, 15) is 4.79 Å². The Labute approximate surface area is 105 Å². The van der Waals surface area contributed by atoms with Gasteiger partial charge in [0.2, 0.25) is 5.91 Å². The van der Waals surface area contributed by atoms with E-state index < -0.39 is 0 Å². The van der Waals surface area contributed by atoms with Gasteiger partial charge >= 0.3 is 0 Å². The Kier molecular flexibility index (Phi) is 3.79. The van der Waals surface area contributed by atoms with Crippen LogP contribution in [0.5, 0.6) is 0 Å². The first-order valence-electron chi connectivity index (χ1n) is 5.73. The van der Waals surface area contributed by atoms with E-state index in [1.54, 1.807) is 13.1 Å². The Morgan fingerprint density at radius 2 is 2.22 bits per heavy atom. The maximum atomic E-state index is 11.6. The number of para-hydroxylation sites is 1. The molecule has 0 spiro atoms. The fourth-order valence-electron chi connectivity index (χ4n) is 1.63. The van der Waals surface area contributed by atoms with E-state index in [1.165, 1.54) is 11.0 Å². The van der Waals surface area contributed by atoms with Gasteiger partial charge < -0.3 is 14.4 Å². The molecule has 1 heterocycles. The minimum Gasteiger partial charge on any atom is -0.457 e. The number of furan rings is 1. The first-order chi connectivity index (χ1) is 8.70. The lowest BCUT2D eigenvalue weighted by molar-refractivity contribution is -0.125. The van der Waals surface area contributed by atoms with Crippen molar-refractivity contribution in [2.24, 2.45) is 0 Å². The standard InChI is InChI=1S/C14H15NO3/c1-15(8-9-16)14(17)7-6-12-10-11-4-2-3-5-13(11)18-12/h2-7,10,16H,8-9H2,1H3/b7-6+. The Morgan fingerprint density at radius 3 is 2.94 bits per heavy atom. The number of carbonyl (C=O) groups excluding carboxylic acids is 1. The Hall–Kier alpha value is -2.07. The summed E-state index contributed by atoms with van der Waals surface area (Å²) in [6.07, 6.45) is 3.07. The van der Waals surface area contributed by atoms with Crippen LogP contribution in [0.2, 0.25) is 0 Å². The van der Waals surface area contributed by atoms with Gasteiger partial charge in [0.1, 0.15) is 11.3 Å². The normalized spacial score (nSPS) is 11.2. The van der Waals surface area contributed by atoms with Crippen LogP contribution in [0, 0.1) is 0 Å². The van der Waals surface area contributed by atoms with E-state index in [0.717, 1.165) is 11.0 Å². The SMILES string of the molecule is CN(CCO)C(=O)/C=C/c1cc2ccccc2o1. The molecule has 18 heavy (non-hydrogen) atoms. The summed E-state index contributed by atoms with van der Waals surface area (Å²) in [4.78, 5) is 13.1. The quantitative estimate of drug-likeness (QED) is 0.837. The van der Waals surface area contributed by atoms with Crippen molar-refractivity contribution in [2.45, 2.75) is 0 Å². The van der Waals surface area contributed by atoms with Crippen LogP contribution in [-0.4, -0.2) is 36.1 Å². The van der Waals surface area contributed by atoms with Gasteiger partial charge in [-0.05, 0) is 18.2 Å². The highest BCUT2D eigenvalue weighted by molar-refractivity contribution is 5.92. The average molecular weight is 245 g/mol. The second-order valence-electron chi connectivity index (χ2n) is 4.00. The summed E-state index contributed by atoms with van der Waals surface area (Å²) < 4.78 is 5.55. The van der Waals surface area contributed by atoms with Crippen LogP contribution in [0.25, 0.3) is 17.0 Å². The van der Waals surface area contributed by atoms with Crippen molar-refractivity contribution in [1.29, 1.82) is 0 Å². The highest BCUT2D eigenvalue weighted by Gasteiger charge is 2.04. The summed E-state index contributed by atoms with van der Waals surface area (Å²) >= 11 is 0. The number of carbonyl (C=O) groups is 1. The largest absolute Gasteiger partial charge is 0.457 e. The van der Waals surface area contributed by atoms with Gasteiger partial charge in [-0.15, -0.1) is 0 Å². The van der Waals surface area contributed by atoms with Crippen molar-refractivity contribution >= 4 is 23.0 Å². The first-order valence-corrected chi connectivity index (χ1v) is 5.73. The van der Waals surface area contributed by atoms with E-state index >= 15 is 0 Å². The summed E-state index contributed by atoms with van der Waals surface area (Å²) in [5.74, 6) is 0.478. The predicted octanol–water partition coefficient (Wildman–Crippen LogP) is 1.90. The van der Waals surface area contributed by atoms with E-state index in [1.807, 2.05) is 30.3 Å². The first kappa shape index (κ1) is 12.4. The molecule has 4 nitrogen and oxygen atoms in total. The van der Waals surface area contributed by atoms with Gasteiger partial charge in [0.25, 0.3) is 0 Å². The molecule has 0 saturated carbocycles. The summed E-state index contributed by atoms with van der Waals surface area (Å²) in [6, 6.07) is 9.55. The Balaban J connectivity index is 2.11. The summed E-state index contributed by atoms with van der Waals surface area (Å²) in [5.41, 5.74) is 0.799. The van der Waals surface area contributed by atoms with E-state index in [-0.39, 0.29) is 12.5 Å². The van der Waals surface area contributed by atoms with Crippen molar-refractivity contribution in [1.82, 2.24) is 4.90 Å². The number of aliphatic hydroxyl groups is 1. The molecule has 2 rings (SSSR count). The van der Waals surface area contributed by atoms with Crippen LogP contribution >= 0.6 is 0 Å².